The number of ether oxygens (including phenoxy) is 1. The molecule has 0 unspecified atom stereocenters. The molecule has 0 saturated carbocycles. The van der Waals surface area contributed by atoms with Gasteiger partial charge < -0.3 is 19.8 Å². The highest BCUT2D eigenvalue weighted by Gasteiger charge is 2.11. The molecular formula is C20H25N3O2. The van der Waals surface area contributed by atoms with Gasteiger partial charge in [-0.25, -0.2) is 0 Å². The van der Waals surface area contributed by atoms with Gasteiger partial charge in [-0.15, -0.1) is 0 Å². The fourth-order valence-electron chi connectivity index (χ4n) is 2.93. The number of hydrogen-bond acceptors (Lipinski definition) is 3. The van der Waals surface area contributed by atoms with Crippen molar-refractivity contribution in [3.05, 3.63) is 47.9 Å². The Morgan fingerprint density at radius 1 is 1.16 bits per heavy atom. The molecule has 0 aliphatic carbocycles. The van der Waals surface area contributed by atoms with Crippen molar-refractivity contribution in [2.24, 2.45) is 4.99 Å². The number of aromatic amines is 2. The van der Waals surface area contributed by atoms with Gasteiger partial charge in [0.25, 0.3) is 0 Å². The number of H-pyrrole nitrogens is 2. The second-order valence-corrected chi connectivity index (χ2v) is 6.14. The molecule has 132 valence electrons. The minimum atomic E-state index is 0.288. The van der Waals surface area contributed by atoms with Crippen molar-refractivity contribution in [2.45, 2.75) is 32.1 Å². The number of aliphatic hydroxyl groups is 1. The monoisotopic (exact) mass is 339 g/mol. The van der Waals surface area contributed by atoms with E-state index in [2.05, 4.69) is 21.0 Å². The predicted octanol–water partition coefficient (Wildman–Crippen LogP) is 4.31. The molecule has 0 atom stereocenters. The van der Waals surface area contributed by atoms with Crippen LogP contribution in [0.5, 0.6) is 5.75 Å². The van der Waals surface area contributed by atoms with Crippen molar-refractivity contribution < 1.29 is 9.84 Å². The molecule has 25 heavy (non-hydrogen) atoms. The summed E-state index contributed by atoms with van der Waals surface area (Å²) >= 11 is 0. The number of methoxy groups -OCH3 is 1. The summed E-state index contributed by atoms with van der Waals surface area (Å²) in [6.07, 6.45) is 13.2. The highest BCUT2D eigenvalue weighted by atomic mass is 16.5. The predicted molar refractivity (Wildman–Crippen MR) is 102 cm³/mol. The summed E-state index contributed by atoms with van der Waals surface area (Å²) < 4.78 is 5.48. The number of aliphatic hydroxyl groups excluding tert-OH is 1. The van der Waals surface area contributed by atoms with Crippen LogP contribution in [0.4, 0.5) is 0 Å². The molecule has 0 amide bonds. The van der Waals surface area contributed by atoms with Gasteiger partial charge in [0, 0.05) is 24.6 Å². The zero-order valence-electron chi connectivity index (χ0n) is 14.6. The normalized spacial score (nSPS) is 15.1. The van der Waals surface area contributed by atoms with Crippen LogP contribution in [0.25, 0.3) is 17.5 Å². The van der Waals surface area contributed by atoms with E-state index in [1.165, 1.54) is 0 Å². The average molecular weight is 339 g/mol. The second-order valence-electron chi connectivity index (χ2n) is 6.14. The number of allylic oxidation sites excluding steroid dienone is 2. The van der Waals surface area contributed by atoms with Gasteiger partial charge in [0.1, 0.15) is 5.75 Å². The highest BCUT2D eigenvalue weighted by molar-refractivity contribution is 5.99. The lowest BCUT2D eigenvalue weighted by atomic mass is 10.1. The first-order chi connectivity index (χ1) is 12.3. The molecule has 5 heteroatoms. The summed E-state index contributed by atoms with van der Waals surface area (Å²) in [5.41, 5.74) is 4.98. The third kappa shape index (κ3) is 4.51. The van der Waals surface area contributed by atoms with Crippen LogP contribution < -0.4 is 4.74 Å². The summed E-state index contributed by atoms with van der Waals surface area (Å²) in [6.45, 7) is 0.288. The lowest BCUT2D eigenvalue weighted by Gasteiger charge is -1.99. The molecular weight excluding hydrogens is 314 g/mol. The van der Waals surface area contributed by atoms with Crippen LogP contribution in [0.3, 0.4) is 0 Å². The zero-order chi connectivity index (χ0) is 17.5. The molecule has 5 nitrogen and oxygen atoms in total. The number of unbranched alkanes of at least 4 members (excludes halogenated alkanes) is 3. The number of rotatable bonds is 9. The van der Waals surface area contributed by atoms with E-state index in [0.29, 0.717) is 0 Å². The average Bonchev–Trinajstić information content (AvgIpc) is 3.35. The molecule has 3 rings (SSSR count). The Morgan fingerprint density at radius 2 is 2.04 bits per heavy atom. The Morgan fingerprint density at radius 3 is 2.80 bits per heavy atom. The summed E-state index contributed by atoms with van der Waals surface area (Å²) in [5.74, 6) is 0.804. The van der Waals surface area contributed by atoms with Crippen molar-refractivity contribution in [3.8, 4) is 17.1 Å². The van der Waals surface area contributed by atoms with Gasteiger partial charge >= 0.3 is 0 Å². The van der Waals surface area contributed by atoms with Gasteiger partial charge in [-0.1, -0.05) is 12.8 Å². The maximum Gasteiger partial charge on any atom is 0.144 e. The molecule has 0 saturated heterocycles. The topological polar surface area (TPSA) is 73.4 Å². The van der Waals surface area contributed by atoms with Gasteiger partial charge in [-0.05, 0) is 49.6 Å². The molecule has 0 aromatic carbocycles. The molecule has 0 fully saturated rings. The van der Waals surface area contributed by atoms with Crippen molar-refractivity contribution in [2.75, 3.05) is 13.7 Å². The van der Waals surface area contributed by atoms with E-state index in [1.54, 1.807) is 7.11 Å². The van der Waals surface area contributed by atoms with Crippen LogP contribution in [-0.4, -0.2) is 34.5 Å². The Bertz CT molecular complexity index is 767. The number of nitrogens with zero attached hydrogens (tertiary/aromatic N) is 1. The SMILES string of the molecule is COc1cc(-c2ccc[nH]2)[nH]c1/C=C1/C=CC(CCCCCCO)=N1. The van der Waals surface area contributed by atoms with Crippen molar-refractivity contribution in [1.82, 2.24) is 9.97 Å². The van der Waals surface area contributed by atoms with Crippen LogP contribution in [0, 0.1) is 0 Å². The Labute approximate surface area is 148 Å². The zero-order valence-corrected chi connectivity index (χ0v) is 14.6. The van der Waals surface area contributed by atoms with Crippen LogP contribution in [-0.2, 0) is 0 Å². The van der Waals surface area contributed by atoms with E-state index in [4.69, 9.17) is 9.84 Å². The maximum absolute atomic E-state index is 8.80. The Hall–Kier alpha value is -2.53. The van der Waals surface area contributed by atoms with Crippen LogP contribution in [0.2, 0.25) is 0 Å². The van der Waals surface area contributed by atoms with Gasteiger partial charge in [-0.2, -0.15) is 0 Å². The first kappa shape index (κ1) is 17.3. The third-order valence-electron chi connectivity index (χ3n) is 4.27. The Balaban J connectivity index is 1.66. The fourth-order valence-corrected chi connectivity index (χ4v) is 2.93. The van der Waals surface area contributed by atoms with Crippen LogP contribution in [0.1, 0.15) is 37.8 Å². The summed E-state index contributed by atoms with van der Waals surface area (Å²) in [4.78, 5) is 11.3. The minimum Gasteiger partial charge on any atom is -0.494 e. The van der Waals surface area contributed by atoms with E-state index in [0.717, 1.165) is 66.3 Å². The van der Waals surface area contributed by atoms with Gasteiger partial charge in [0.15, 0.2) is 0 Å². The lowest BCUT2D eigenvalue weighted by Crippen LogP contribution is -1.91. The number of hydrogen-bond donors (Lipinski definition) is 3. The Kier molecular flexibility index (Phi) is 5.90. The standard InChI is InChI=1S/C20H25N3O2/c1-25-20-14-18(17-8-6-11-21-17)23-19(20)13-16-10-9-15(22-16)7-4-2-3-5-12-24/h6,8-11,13-14,21,23-24H,2-5,7,12H2,1H3/b16-13-. The van der Waals surface area contributed by atoms with Crippen LogP contribution >= 0.6 is 0 Å². The van der Waals surface area contributed by atoms with E-state index < -0.39 is 0 Å². The van der Waals surface area contributed by atoms with Crippen molar-refractivity contribution in [1.29, 1.82) is 0 Å². The number of aliphatic imine (C=N–C) groups is 1. The maximum atomic E-state index is 8.80. The summed E-state index contributed by atoms with van der Waals surface area (Å²) in [6, 6.07) is 5.98. The molecule has 0 bridgehead atoms. The first-order valence-corrected chi connectivity index (χ1v) is 8.79. The molecule has 0 radical (unpaired) electrons. The molecule has 1 aliphatic rings. The number of nitrogens with one attached hydrogen (secondary N) is 2. The summed E-state index contributed by atoms with van der Waals surface area (Å²) in [7, 11) is 1.68. The molecule has 1 aliphatic heterocycles. The fraction of sp³-hybridized carbons (Fsp3) is 0.350. The highest BCUT2D eigenvalue weighted by Crippen LogP contribution is 2.29. The number of aromatic nitrogens is 2. The van der Waals surface area contributed by atoms with E-state index >= 15 is 0 Å². The van der Waals surface area contributed by atoms with E-state index in [-0.39, 0.29) is 6.61 Å². The smallest absolute Gasteiger partial charge is 0.144 e. The quantitative estimate of drug-likeness (QED) is 0.596. The summed E-state index contributed by atoms with van der Waals surface area (Å²) in [5, 5.41) is 8.80. The van der Waals surface area contributed by atoms with E-state index in [1.807, 2.05) is 36.5 Å². The second kappa shape index (κ2) is 8.53. The molecule has 2 aromatic rings. The largest absolute Gasteiger partial charge is 0.494 e. The van der Waals surface area contributed by atoms with E-state index in [9.17, 15) is 0 Å². The molecule has 0 spiro atoms. The van der Waals surface area contributed by atoms with Crippen LogP contribution in [0.15, 0.2) is 47.2 Å². The molecule has 3 heterocycles. The third-order valence-corrected chi connectivity index (χ3v) is 4.27. The van der Waals surface area contributed by atoms with Gasteiger partial charge in [-0.3, -0.25) is 4.99 Å². The van der Waals surface area contributed by atoms with Crippen molar-refractivity contribution in [3.63, 3.8) is 0 Å². The molecule has 2 aromatic heterocycles. The lowest BCUT2D eigenvalue weighted by molar-refractivity contribution is 0.283. The van der Waals surface area contributed by atoms with Crippen molar-refractivity contribution >= 4 is 11.8 Å². The first-order valence-electron chi connectivity index (χ1n) is 8.79. The van der Waals surface area contributed by atoms with Gasteiger partial charge in [0.05, 0.1) is 29.9 Å². The minimum absolute atomic E-state index is 0.288. The van der Waals surface area contributed by atoms with Gasteiger partial charge in [0.2, 0.25) is 0 Å². The molecule has 3 N–H and O–H groups in total.